The summed E-state index contributed by atoms with van der Waals surface area (Å²) in [6.45, 7) is 7.35. The van der Waals surface area contributed by atoms with Gasteiger partial charge in [-0.25, -0.2) is 0 Å². The fourth-order valence-corrected chi connectivity index (χ4v) is 3.76. The Kier molecular flexibility index (Phi) is 12.1. The minimum absolute atomic E-state index is 0.0378. The first-order chi connectivity index (χ1) is 14.2. The Morgan fingerprint density at radius 1 is 0.828 bits per heavy atom. The lowest BCUT2D eigenvalue weighted by Gasteiger charge is -2.09. The van der Waals surface area contributed by atoms with Gasteiger partial charge in [-0.2, -0.15) is 0 Å². The number of aryl methyl sites for hydroxylation is 1. The van der Waals surface area contributed by atoms with Crippen molar-refractivity contribution >= 4 is 0 Å². The first-order valence-electron chi connectivity index (χ1n) is 12.2. The molecule has 1 aliphatic rings. The molecule has 2 nitrogen and oxygen atoms in total. The van der Waals surface area contributed by atoms with Crippen LogP contribution in [0.2, 0.25) is 0 Å². The Morgan fingerprint density at radius 3 is 1.79 bits per heavy atom. The van der Waals surface area contributed by atoms with Crippen LogP contribution in [-0.2, 0) is 11.2 Å². The lowest BCUT2D eigenvalue weighted by atomic mass is 10.0. The van der Waals surface area contributed by atoms with Gasteiger partial charge in [-0.15, -0.1) is 6.58 Å². The molecule has 1 unspecified atom stereocenters. The van der Waals surface area contributed by atoms with E-state index in [1.165, 1.54) is 102 Å². The maximum Gasteiger partial charge on any atom is 0.123 e. The van der Waals surface area contributed by atoms with Crippen molar-refractivity contribution < 1.29 is 9.47 Å². The van der Waals surface area contributed by atoms with Gasteiger partial charge in [0.2, 0.25) is 0 Å². The number of rotatable bonds is 19. The van der Waals surface area contributed by atoms with Crippen molar-refractivity contribution in [2.24, 2.45) is 0 Å². The van der Waals surface area contributed by atoms with E-state index in [-0.39, 0.29) is 5.60 Å². The molecule has 0 aromatic heterocycles. The van der Waals surface area contributed by atoms with Gasteiger partial charge in [0.15, 0.2) is 0 Å². The molecule has 0 N–H and O–H groups in total. The molecule has 1 aliphatic heterocycles. The molecule has 0 saturated carbocycles. The van der Waals surface area contributed by atoms with Crippen molar-refractivity contribution in [2.75, 3.05) is 13.2 Å². The zero-order valence-electron chi connectivity index (χ0n) is 18.9. The number of hydrogen-bond acceptors (Lipinski definition) is 2. The van der Waals surface area contributed by atoms with E-state index < -0.39 is 0 Å². The average Bonchev–Trinajstić information content (AvgIpc) is 3.48. The molecule has 1 aromatic carbocycles. The van der Waals surface area contributed by atoms with Gasteiger partial charge < -0.3 is 9.47 Å². The minimum atomic E-state index is -0.0378. The van der Waals surface area contributed by atoms with Crippen LogP contribution in [0.25, 0.3) is 0 Å². The second-order valence-electron chi connectivity index (χ2n) is 9.09. The second kappa shape index (κ2) is 14.7. The molecule has 1 saturated heterocycles. The summed E-state index contributed by atoms with van der Waals surface area (Å²) in [5.74, 6) is 0.957. The molecule has 0 aliphatic carbocycles. The fraction of sp³-hybridized carbons (Fsp3) is 0.704. The Labute approximate surface area is 180 Å². The van der Waals surface area contributed by atoms with Crippen molar-refractivity contribution in [1.29, 1.82) is 0 Å². The summed E-state index contributed by atoms with van der Waals surface area (Å²) in [5, 5.41) is 0. The van der Waals surface area contributed by atoms with E-state index in [1.807, 2.05) is 6.08 Å². The molecule has 29 heavy (non-hydrogen) atoms. The van der Waals surface area contributed by atoms with Crippen LogP contribution in [0.1, 0.15) is 102 Å². The number of allylic oxidation sites excluding steroid dienone is 1. The molecule has 0 spiro atoms. The molecule has 1 heterocycles. The van der Waals surface area contributed by atoms with Crippen LogP contribution in [-0.4, -0.2) is 18.8 Å². The first kappa shape index (κ1) is 24.0. The van der Waals surface area contributed by atoms with Gasteiger partial charge in [-0.3, -0.25) is 0 Å². The van der Waals surface area contributed by atoms with Crippen LogP contribution >= 0.6 is 0 Å². The van der Waals surface area contributed by atoms with E-state index in [4.69, 9.17) is 9.47 Å². The van der Waals surface area contributed by atoms with Crippen molar-refractivity contribution in [1.82, 2.24) is 0 Å². The van der Waals surface area contributed by atoms with E-state index in [0.717, 1.165) is 12.4 Å². The van der Waals surface area contributed by atoms with Gasteiger partial charge in [0.1, 0.15) is 18.0 Å². The van der Waals surface area contributed by atoms with Crippen LogP contribution < -0.4 is 4.74 Å². The van der Waals surface area contributed by atoms with Gasteiger partial charge in [0, 0.05) is 0 Å². The topological polar surface area (TPSA) is 21.8 Å². The molecule has 164 valence electrons. The standard InChI is InChI=1S/C27H44O2/c1-3-4-5-6-7-8-9-10-11-12-13-14-15-16-17-18-25-19-21-26(22-20-25)28-23-27(2)24-29-27/h3,19-22H,1,4-18,23-24H2,2H3. The van der Waals surface area contributed by atoms with Crippen molar-refractivity contribution in [3.8, 4) is 5.75 Å². The third-order valence-corrected chi connectivity index (χ3v) is 5.98. The number of epoxide rings is 1. The van der Waals surface area contributed by atoms with Gasteiger partial charge in [0.05, 0.1) is 6.61 Å². The van der Waals surface area contributed by atoms with Crippen LogP contribution in [0.5, 0.6) is 5.75 Å². The van der Waals surface area contributed by atoms with Crippen LogP contribution in [0.4, 0.5) is 0 Å². The predicted octanol–water partition coefficient (Wildman–Crippen LogP) is 8.04. The molecule has 0 bridgehead atoms. The predicted molar refractivity (Wildman–Crippen MR) is 125 cm³/mol. The highest BCUT2D eigenvalue weighted by atomic mass is 16.6. The molecule has 1 aromatic rings. The Morgan fingerprint density at radius 2 is 1.31 bits per heavy atom. The summed E-state index contributed by atoms with van der Waals surface area (Å²) < 4.78 is 11.1. The van der Waals surface area contributed by atoms with Gasteiger partial charge in [-0.1, -0.05) is 88.8 Å². The highest BCUT2D eigenvalue weighted by Gasteiger charge is 2.40. The quantitative estimate of drug-likeness (QED) is 0.133. The van der Waals surface area contributed by atoms with E-state index >= 15 is 0 Å². The number of ether oxygens (including phenoxy) is 2. The van der Waals surface area contributed by atoms with Gasteiger partial charge >= 0.3 is 0 Å². The highest BCUT2D eigenvalue weighted by Crippen LogP contribution is 2.27. The zero-order chi connectivity index (χ0) is 20.6. The fourth-order valence-electron chi connectivity index (χ4n) is 3.76. The number of unbranched alkanes of at least 4 members (excludes halogenated alkanes) is 13. The minimum Gasteiger partial charge on any atom is -0.491 e. The van der Waals surface area contributed by atoms with Crippen molar-refractivity contribution in [2.45, 2.75) is 109 Å². The monoisotopic (exact) mass is 400 g/mol. The largest absolute Gasteiger partial charge is 0.491 e. The Bertz CT molecular complexity index is 530. The molecule has 1 fully saturated rings. The maximum atomic E-state index is 5.79. The molecule has 1 atom stereocenters. The van der Waals surface area contributed by atoms with Gasteiger partial charge in [-0.05, 0) is 50.3 Å². The molecular formula is C27H44O2. The Balaban J connectivity index is 1.34. The SMILES string of the molecule is C=CCCCCCCCCCCCCCCCc1ccc(OCC2(C)CO2)cc1. The third-order valence-electron chi connectivity index (χ3n) is 5.98. The normalized spacial score (nSPS) is 18.0. The van der Waals surface area contributed by atoms with Crippen LogP contribution in [0.15, 0.2) is 36.9 Å². The number of benzene rings is 1. The zero-order valence-corrected chi connectivity index (χ0v) is 18.9. The maximum absolute atomic E-state index is 5.79. The highest BCUT2D eigenvalue weighted by molar-refractivity contribution is 5.27. The second-order valence-corrected chi connectivity index (χ2v) is 9.09. The smallest absolute Gasteiger partial charge is 0.123 e. The van der Waals surface area contributed by atoms with Gasteiger partial charge in [0.25, 0.3) is 0 Å². The lowest BCUT2D eigenvalue weighted by Crippen LogP contribution is -2.16. The van der Waals surface area contributed by atoms with E-state index in [1.54, 1.807) is 0 Å². The summed E-state index contributed by atoms with van der Waals surface area (Å²) in [5.41, 5.74) is 1.39. The molecule has 0 amide bonds. The summed E-state index contributed by atoms with van der Waals surface area (Å²) in [6.07, 6.45) is 22.6. The first-order valence-corrected chi connectivity index (χ1v) is 12.2. The van der Waals surface area contributed by atoms with Crippen LogP contribution in [0.3, 0.4) is 0 Å². The van der Waals surface area contributed by atoms with E-state index in [9.17, 15) is 0 Å². The van der Waals surface area contributed by atoms with Crippen LogP contribution in [0, 0.1) is 0 Å². The number of hydrogen-bond donors (Lipinski definition) is 0. The van der Waals surface area contributed by atoms with E-state index in [0.29, 0.717) is 6.61 Å². The molecule has 2 rings (SSSR count). The summed E-state index contributed by atoms with van der Waals surface area (Å²) in [6, 6.07) is 8.63. The third kappa shape index (κ3) is 12.1. The lowest BCUT2D eigenvalue weighted by molar-refractivity contribution is 0.202. The molecular weight excluding hydrogens is 356 g/mol. The summed E-state index contributed by atoms with van der Waals surface area (Å²) in [4.78, 5) is 0. The summed E-state index contributed by atoms with van der Waals surface area (Å²) >= 11 is 0. The summed E-state index contributed by atoms with van der Waals surface area (Å²) in [7, 11) is 0. The molecule has 0 radical (unpaired) electrons. The van der Waals surface area contributed by atoms with E-state index in [2.05, 4.69) is 37.8 Å². The average molecular weight is 401 g/mol. The van der Waals surface area contributed by atoms with Crippen molar-refractivity contribution in [3.63, 3.8) is 0 Å². The van der Waals surface area contributed by atoms with Crippen molar-refractivity contribution in [3.05, 3.63) is 42.5 Å². The molecule has 2 heteroatoms. The Hall–Kier alpha value is -1.28.